The van der Waals surface area contributed by atoms with Crippen molar-refractivity contribution in [1.29, 1.82) is 0 Å². The maximum absolute atomic E-state index is 12.9. The van der Waals surface area contributed by atoms with E-state index in [1.165, 1.54) is 6.92 Å². The van der Waals surface area contributed by atoms with Crippen LogP contribution in [0.4, 0.5) is 10.1 Å². The number of ether oxygens (including phenoxy) is 2. The van der Waals surface area contributed by atoms with Crippen LogP contribution in [-0.2, 0) is 14.8 Å². The van der Waals surface area contributed by atoms with Crippen LogP contribution in [0.1, 0.15) is 6.92 Å². The summed E-state index contributed by atoms with van der Waals surface area (Å²) in [4.78, 5) is 12.1. The summed E-state index contributed by atoms with van der Waals surface area (Å²) in [6.45, 7) is 2.29. The molecule has 0 unspecified atom stereocenters. The van der Waals surface area contributed by atoms with Crippen LogP contribution in [0, 0.1) is 5.82 Å². The Morgan fingerprint density at radius 2 is 1.73 bits per heavy atom. The molecule has 1 amide bonds. The van der Waals surface area contributed by atoms with Crippen molar-refractivity contribution < 1.29 is 27.1 Å². The summed E-state index contributed by atoms with van der Waals surface area (Å²) in [5, 5.41) is 2.61. The summed E-state index contributed by atoms with van der Waals surface area (Å²) in [7, 11) is -3.95. The number of hydrogen-bond acceptors (Lipinski definition) is 5. The van der Waals surface area contributed by atoms with E-state index in [-0.39, 0.29) is 4.90 Å². The fourth-order valence-electron chi connectivity index (χ4n) is 2.34. The van der Waals surface area contributed by atoms with Crippen LogP contribution >= 0.6 is 0 Å². The predicted molar refractivity (Wildman–Crippen MR) is 92.2 cm³/mol. The summed E-state index contributed by atoms with van der Waals surface area (Å²) < 4.78 is 50.5. The molecular weight excluding hydrogens is 363 g/mol. The molecule has 2 N–H and O–H groups in total. The second-order valence-corrected chi connectivity index (χ2v) is 7.36. The van der Waals surface area contributed by atoms with Gasteiger partial charge in [-0.05, 0) is 43.3 Å². The van der Waals surface area contributed by atoms with Gasteiger partial charge in [0.15, 0.2) is 11.5 Å². The van der Waals surface area contributed by atoms with Gasteiger partial charge in [0, 0.05) is 11.8 Å². The van der Waals surface area contributed by atoms with Crippen molar-refractivity contribution >= 4 is 21.6 Å². The van der Waals surface area contributed by atoms with E-state index in [4.69, 9.17) is 9.47 Å². The topological polar surface area (TPSA) is 93.7 Å². The largest absolute Gasteiger partial charge is 0.486 e. The molecule has 7 nitrogen and oxygen atoms in total. The zero-order valence-corrected chi connectivity index (χ0v) is 14.7. The second-order valence-electron chi connectivity index (χ2n) is 5.64. The van der Waals surface area contributed by atoms with Gasteiger partial charge in [-0.3, -0.25) is 4.79 Å². The van der Waals surface area contributed by atoms with E-state index >= 15 is 0 Å². The average Bonchev–Trinajstić information content (AvgIpc) is 2.61. The van der Waals surface area contributed by atoms with E-state index in [1.54, 1.807) is 18.2 Å². The minimum absolute atomic E-state index is 0.127. The quantitative estimate of drug-likeness (QED) is 0.826. The van der Waals surface area contributed by atoms with Gasteiger partial charge in [0.1, 0.15) is 19.0 Å². The first-order valence-electron chi connectivity index (χ1n) is 7.83. The van der Waals surface area contributed by atoms with Gasteiger partial charge < -0.3 is 14.8 Å². The molecule has 1 aliphatic heterocycles. The molecular formula is C17H17FN2O5S. The van der Waals surface area contributed by atoms with Crippen molar-refractivity contribution in [2.45, 2.75) is 17.9 Å². The molecule has 0 fully saturated rings. The van der Waals surface area contributed by atoms with Gasteiger partial charge in [-0.1, -0.05) is 0 Å². The van der Waals surface area contributed by atoms with Crippen LogP contribution in [0.25, 0.3) is 0 Å². The number of benzene rings is 2. The monoisotopic (exact) mass is 380 g/mol. The highest BCUT2D eigenvalue weighted by atomic mass is 32.2. The summed E-state index contributed by atoms with van der Waals surface area (Å²) in [6.07, 6.45) is 0. The number of sulfonamides is 1. The van der Waals surface area contributed by atoms with E-state index in [9.17, 15) is 17.6 Å². The summed E-state index contributed by atoms with van der Waals surface area (Å²) in [5.74, 6) is -0.00591. The Hall–Kier alpha value is -2.65. The number of nitrogens with one attached hydrogen (secondary N) is 2. The molecule has 0 aliphatic carbocycles. The van der Waals surface area contributed by atoms with Crippen molar-refractivity contribution in [2.75, 3.05) is 18.5 Å². The van der Waals surface area contributed by atoms with Crippen molar-refractivity contribution in [3.8, 4) is 11.5 Å². The Labute approximate surface area is 150 Å². The first-order chi connectivity index (χ1) is 12.3. The van der Waals surface area contributed by atoms with Crippen LogP contribution in [0.3, 0.4) is 0 Å². The minimum Gasteiger partial charge on any atom is -0.486 e. The van der Waals surface area contributed by atoms with Crippen LogP contribution < -0.4 is 19.5 Å². The van der Waals surface area contributed by atoms with Crippen molar-refractivity contribution in [3.05, 3.63) is 48.3 Å². The van der Waals surface area contributed by atoms with Gasteiger partial charge in [0.2, 0.25) is 15.9 Å². The van der Waals surface area contributed by atoms with E-state index in [0.717, 1.165) is 24.3 Å². The number of fused-ring (bicyclic) bond motifs is 1. The Bertz CT molecular complexity index is 915. The molecule has 1 heterocycles. The number of amides is 1. The summed E-state index contributed by atoms with van der Waals surface area (Å²) in [5.41, 5.74) is 0.451. The Morgan fingerprint density at radius 3 is 2.42 bits per heavy atom. The van der Waals surface area contributed by atoms with Crippen LogP contribution in [-0.4, -0.2) is 33.6 Å². The zero-order valence-electron chi connectivity index (χ0n) is 13.9. The first-order valence-corrected chi connectivity index (χ1v) is 9.32. The highest BCUT2D eigenvalue weighted by Gasteiger charge is 2.22. The Balaban J connectivity index is 1.67. The lowest BCUT2D eigenvalue weighted by Gasteiger charge is -2.19. The third-order valence-corrected chi connectivity index (χ3v) is 5.22. The third kappa shape index (κ3) is 4.12. The van der Waals surface area contributed by atoms with E-state index in [1.807, 2.05) is 0 Å². The van der Waals surface area contributed by atoms with Gasteiger partial charge in [0.05, 0.1) is 10.9 Å². The molecule has 1 atom stereocenters. The molecule has 2 aromatic carbocycles. The summed E-state index contributed by atoms with van der Waals surface area (Å²) >= 11 is 0. The maximum Gasteiger partial charge on any atom is 0.242 e. The van der Waals surface area contributed by atoms with Crippen molar-refractivity contribution in [2.24, 2.45) is 0 Å². The van der Waals surface area contributed by atoms with Gasteiger partial charge in [-0.2, -0.15) is 4.72 Å². The van der Waals surface area contributed by atoms with E-state index in [0.29, 0.717) is 30.4 Å². The molecule has 0 radical (unpaired) electrons. The maximum atomic E-state index is 12.9. The number of rotatable bonds is 5. The molecule has 0 spiro atoms. The first kappa shape index (κ1) is 18.2. The molecule has 9 heteroatoms. The molecule has 2 aromatic rings. The molecule has 0 aromatic heterocycles. The molecule has 0 bridgehead atoms. The number of hydrogen-bond donors (Lipinski definition) is 2. The molecule has 0 saturated heterocycles. The third-order valence-electron chi connectivity index (χ3n) is 3.66. The summed E-state index contributed by atoms with van der Waals surface area (Å²) in [6, 6.07) is 8.19. The SMILES string of the molecule is C[C@@H](NS(=O)(=O)c1ccc(F)cc1)C(=O)Nc1ccc2c(c1)OCCO2. The van der Waals surface area contributed by atoms with E-state index in [2.05, 4.69) is 10.0 Å². The lowest BCUT2D eigenvalue weighted by atomic mass is 10.2. The minimum atomic E-state index is -3.95. The van der Waals surface area contributed by atoms with Gasteiger partial charge in [-0.25, -0.2) is 12.8 Å². The lowest BCUT2D eigenvalue weighted by molar-refractivity contribution is -0.117. The van der Waals surface area contributed by atoms with E-state index < -0.39 is 27.8 Å². The number of anilines is 1. The standard InChI is InChI=1S/C17H17FN2O5S/c1-11(20-26(22,23)14-5-2-12(18)3-6-14)17(21)19-13-4-7-15-16(10-13)25-9-8-24-15/h2-7,10-11,20H,8-9H2,1H3,(H,19,21)/t11-/m1/s1. The van der Waals surface area contributed by atoms with Gasteiger partial charge in [-0.15, -0.1) is 0 Å². The fraction of sp³-hybridized carbons (Fsp3) is 0.235. The van der Waals surface area contributed by atoms with Crippen molar-refractivity contribution in [3.63, 3.8) is 0 Å². The van der Waals surface area contributed by atoms with Crippen LogP contribution in [0.5, 0.6) is 11.5 Å². The number of carbonyl (C=O) groups is 1. The molecule has 3 rings (SSSR count). The lowest BCUT2D eigenvalue weighted by Crippen LogP contribution is -2.41. The zero-order chi connectivity index (χ0) is 18.7. The normalized spacial score (nSPS) is 14.5. The van der Waals surface area contributed by atoms with Gasteiger partial charge in [0.25, 0.3) is 0 Å². The number of carbonyl (C=O) groups excluding carboxylic acids is 1. The fourth-order valence-corrected chi connectivity index (χ4v) is 3.54. The molecule has 0 saturated carbocycles. The number of halogens is 1. The van der Waals surface area contributed by atoms with Gasteiger partial charge >= 0.3 is 0 Å². The molecule has 138 valence electrons. The Kier molecular flexibility index (Phi) is 5.10. The van der Waals surface area contributed by atoms with Crippen molar-refractivity contribution in [1.82, 2.24) is 4.72 Å². The molecule has 26 heavy (non-hydrogen) atoms. The second kappa shape index (κ2) is 7.30. The Morgan fingerprint density at radius 1 is 1.08 bits per heavy atom. The van der Waals surface area contributed by atoms with Crippen LogP contribution in [0.2, 0.25) is 0 Å². The highest BCUT2D eigenvalue weighted by Crippen LogP contribution is 2.32. The van der Waals surface area contributed by atoms with Crippen LogP contribution in [0.15, 0.2) is 47.4 Å². The predicted octanol–water partition coefficient (Wildman–Crippen LogP) is 1.90. The smallest absolute Gasteiger partial charge is 0.242 e. The highest BCUT2D eigenvalue weighted by molar-refractivity contribution is 7.89. The average molecular weight is 380 g/mol. The molecule has 1 aliphatic rings.